The Morgan fingerprint density at radius 1 is 1.08 bits per heavy atom. The lowest BCUT2D eigenvalue weighted by molar-refractivity contribution is -0.137. The zero-order valence-corrected chi connectivity index (χ0v) is 14.0. The number of alkyl halides is 3. The molecule has 0 aliphatic carbocycles. The lowest BCUT2D eigenvalue weighted by atomic mass is 10.2. The molecule has 9 heteroatoms. The van der Waals surface area contributed by atoms with Crippen LogP contribution in [0.4, 0.5) is 24.7 Å². The number of aryl methyl sites for hydroxylation is 2. The Kier molecular flexibility index (Phi) is 4.38. The van der Waals surface area contributed by atoms with E-state index in [9.17, 15) is 13.2 Å². The molecule has 0 unspecified atom stereocenters. The normalized spacial score (nSPS) is 11.6. The van der Waals surface area contributed by atoms with Crippen LogP contribution in [0.2, 0.25) is 5.15 Å². The first kappa shape index (κ1) is 17.2. The number of halogens is 4. The summed E-state index contributed by atoms with van der Waals surface area (Å²) >= 11 is 6.02. The Balaban J connectivity index is 1.95. The van der Waals surface area contributed by atoms with Gasteiger partial charge in [0, 0.05) is 17.4 Å². The fraction of sp³-hybridized carbons (Fsp3) is 0.188. The van der Waals surface area contributed by atoms with E-state index in [0.29, 0.717) is 0 Å². The predicted octanol–water partition coefficient (Wildman–Crippen LogP) is 4.69. The predicted molar refractivity (Wildman–Crippen MR) is 88.4 cm³/mol. The van der Waals surface area contributed by atoms with Crippen LogP contribution in [-0.4, -0.2) is 19.7 Å². The van der Waals surface area contributed by atoms with Crippen LogP contribution < -0.4 is 5.32 Å². The van der Waals surface area contributed by atoms with E-state index >= 15 is 0 Å². The van der Waals surface area contributed by atoms with Gasteiger partial charge in [-0.1, -0.05) is 17.7 Å². The van der Waals surface area contributed by atoms with Gasteiger partial charge in [0.25, 0.3) is 5.95 Å². The average molecular weight is 368 g/mol. The van der Waals surface area contributed by atoms with Gasteiger partial charge in [-0.05, 0) is 38.1 Å². The van der Waals surface area contributed by atoms with Gasteiger partial charge < -0.3 is 5.32 Å². The number of nitrogens with zero attached hydrogens (tertiary/aromatic N) is 4. The Labute approximate surface area is 146 Å². The van der Waals surface area contributed by atoms with Gasteiger partial charge >= 0.3 is 6.18 Å². The van der Waals surface area contributed by atoms with Crippen molar-refractivity contribution in [2.45, 2.75) is 20.0 Å². The summed E-state index contributed by atoms with van der Waals surface area (Å²) in [6.45, 7) is 3.67. The van der Waals surface area contributed by atoms with Crippen LogP contribution in [-0.2, 0) is 6.18 Å². The highest BCUT2D eigenvalue weighted by Crippen LogP contribution is 2.31. The minimum Gasteiger partial charge on any atom is -0.340 e. The second-order valence-corrected chi connectivity index (χ2v) is 5.81. The number of rotatable bonds is 3. The first-order chi connectivity index (χ1) is 11.7. The van der Waals surface area contributed by atoms with E-state index in [1.807, 2.05) is 19.9 Å². The number of hydrogen-bond donors (Lipinski definition) is 1. The maximum atomic E-state index is 12.8. The monoisotopic (exact) mass is 367 g/mol. The molecule has 25 heavy (non-hydrogen) atoms. The summed E-state index contributed by atoms with van der Waals surface area (Å²) in [5, 5.41) is 7.24. The maximum Gasteiger partial charge on any atom is 0.416 e. The van der Waals surface area contributed by atoms with E-state index in [-0.39, 0.29) is 22.6 Å². The van der Waals surface area contributed by atoms with E-state index in [4.69, 9.17) is 11.6 Å². The van der Waals surface area contributed by atoms with Gasteiger partial charge in [0.2, 0.25) is 0 Å². The standard InChI is InChI=1S/C16H13ClF3N5/c1-9-6-10(2)25(24-9)15-22-13(17)8-14(23-15)21-12-5-3-4-11(7-12)16(18,19)20/h3-8H,1-2H3,(H,21,22,23). The Morgan fingerprint density at radius 2 is 1.84 bits per heavy atom. The van der Waals surface area contributed by atoms with Crippen LogP contribution in [0.3, 0.4) is 0 Å². The molecule has 2 aromatic heterocycles. The van der Waals surface area contributed by atoms with Crippen LogP contribution >= 0.6 is 11.6 Å². The summed E-state index contributed by atoms with van der Waals surface area (Å²) in [7, 11) is 0. The SMILES string of the molecule is Cc1cc(C)n(-c2nc(Cl)cc(Nc3cccc(C(F)(F)F)c3)n2)n1. The van der Waals surface area contributed by atoms with Crippen molar-refractivity contribution in [1.29, 1.82) is 0 Å². The van der Waals surface area contributed by atoms with E-state index in [0.717, 1.165) is 23.5 Å². The van der Waals surface area contributed by atoms with Crippen LogP contribution in [0, 0.1) is 13.8 Å². The average Bonchev–Trinajstić information content (AvgIpc) is 2.85. The molecule has 0 aliphatic rings. The van der Waals surface area contributed by atoms with E-state index in [1.165, 1.54) is 22.9 Å². The van der Waals surface area contributed by atoms with E-state index < -0.39 is 11.7 Å². The molecule has 0 radical (unpaired) electrons. The highest BCUT2D eigenvalue weighted by Gasteiger charge is 2.30. The molecule has 3 rings (SSSR count). The largest absolute Gasteiger partial charge is 0.416 e. The van der Waals surface area contributed by atoms with Crippen molar-refractivity contribution in [1.82, 2.24) is 19.7 Å². The third-order valence-corrected chi connectivity index (χ3v) is 3.54. The van der Waals surface area contributed by atoms with Crippen LogP contribution in [0.1, 0.15) is 17.0 Å². The molecule has 1 N–H and O–H groups in total. The minimum atomic E-state index is -4.42. The second kappa shape index (κ2) is 6.36. The molecule has 2 heterocycles. The summed E-state index contributed by atoms with van der Waals surface area (Å²) < 4.78 is 40.0. The Hall–Kier alpha value is -2.61. The van der Waals surface area contributed by atoms with Crippen LogP contribution in [0.15, 0.2) is 36.4 Å². The minimum absolute atomic E-state index is 0.145. The van der Waals surface area contributed by atoms with Crippen molar-refractivity contribution < 1.29 is 13.2 Å². The second-order valence-electron chi connectivity index (χ2n) is 5.42. The van der Waals surface area contributed by atoms with Gasteiger partial charge in [0.05, 0.1) is 11.3 Å². The van der Waals surface area contributed by atoms with Gasteiger partial charge in [0.1, 0.15) is 11.0 Å². The Bertz CT molecular complexity index is 920. The van der Waals surface area contributed by atoms with Gasteiger partial charge in [-0.2, -0.15) is 28.2 Å². The lowest BCUT2D eigenvalue weighted by Crippen LogP contribution is -2.08. The molecular formula is C16H13ClF3N5. The molecule has 130 valence electrons. The van der Waals surface area contributed by atoms with Gasteiger partial charge in [0.15, 0.2) is 0 Å². The summed E-state index contributed by atoms with van der Waals surface area (Å²) in [5.74, 6) is 0.495. The molecule has 0 bridgehead atoms. The van der Waals surface area contributed by atoms with Crippen LogP contribution in [0.25, 0.3) is 5.95 Å². The fourth-order valence-corrected chi connectivity index (χ4v) is 2.50. The van der Waals surface area contributed by atoms with Crippen molar-refractivity contribution >= 4 is 23.1 Å². The number of anilines is 2. The number of aromatic nitrogens is 4. The number of nitrogens with one attached hydrogen (secondary N) is 1. The lowest BCUT2D eigenvalue weighted by Gasteiger charge is -2.11. The van der Waals surface area contributed by atoms with Crippen molar-refractivity contribution in [2.24, 2.45) is 0 Å². The summed E-state index contributed by atoms with van der Waals surface area (Å²) in [5.41, 5.74) is 1.08. The van der Waals surface area contributed by atoms with Crippen LogP contribution in [0.5, 0.6) is 0 Å². The highest BCUT2D eigenvalue weighted by molar-refractivity contribution is 6.29. The Morgan fingerprint density at radius 3 is 2.48 bits per heavy atom. The molecule has 0 amide bonds. The molecule has 0 saturated carbocycles. The van der Waals surface area contributed by atoms with E-state index in [1.54, 1.807) is 0 Å². The van der Waals surface area contributed by atoms with Crippen molar-refractivity contribution in [3.8, 4) is 5.95 Å². The molecule has 3 aromatic rings. The molecular weight excluding hydrogens is 355 g/mol. The maximum absolute atomic E-state index is 12.8. The van der Waals surface area contributed by atoms with Gasteiger partial charge in [-0.3, -0.25) is 0 Å². The highest BCUT2D eigenvalue weighted by atomic mass is 35.5. The van der Waals surface area contributed by atoms with Crippen molar-refractivity contribution in [3.05, 3.63) is 58.5 Å². The number of hydrogen-bond acceptors (Lipinski definition) is 4. The smallest absolute Gasteiger partial charge is 0.340 e. The molecule has 5 nitrogen and oxygen atoms in total. The molecule has 0 spiro atoms. The zero-order valence-electron chi connectivity index (χ0n) is 13.3. The molecule has 0 atom stereocenters. The quantitative estimate of drug-likeness (QED) is 0.682. The van der Waals surface area contributed by atoms with E-state index in [2.05, 4.69) is 20.4 Å². The summed E-state index contributed by atoms with van der Waals surface area (Å²) in [6.07, 6.45) is -4.42. The summed E-state index contributed by atoms with van der Waals surface area (Å²) in [6, 6.07) is 8.10. The zero-order chi connectivity index (χ0) is 18.2. The number of benzene rings is 1. The third-order valence-electron chi connectivity index (χ3n) is 3.34. The molecule has 0 saturated heterocycles. The van der Waals surface area contributed by atoms with Gasteiger partial charge in [-0.25, -0.2) is 4.68 Å². The summed E-state index contributed by atoms with van der Waals surface area (Å²) in [4.78, 5) is 8.39. The third kappa shape index (κ3) is 3.90. The topological polar surface area (TPSA) is 55.6 Å². The fourth-order valence-electron chi connectivity index (χ4n) is 2.32. The first-order valence-electron chi connectivity index (χ1n) is 7.25. The van der Waals surface area contributed by atoms with Crippen molar-refractivity contribution in [3.63, 3.8) is 0 Å². The first-order valence-corrected chi connectivity index (χ1v) is 7.63. The molecule has 0 fully saturated rings. The molecule has 1 aromatic carbocycles. The van der Waals surface area contributed by atoms with Crippen molar-refractivity contribution in [2.75, 3.05) is 5.32 Å². The van der Waals surface area contributed by atoms with Gasteiger partial charge in [-0.15, -0.1) is 0 Å². The molecule has 0 aliphatic heterocycles.